The fraction of sp³-hybridized carbons (Fsp3) is 0.294. The summed E-state index contributed by atoms with van der Waals surface area (Å²) in [6.45, 7) is 2.10. The van der Waals surface area contributed by atoms with E-state index in [-0.39, 0.29) is 10.9 Å². The number of pyridine rings is 1. The molecule has 0 bridgehead atoms. The molecule has 2 nitrogen and oxygen atoms in total. The zero-order valence-electron chi connectivity index (χ0n) is 11.7. The molecule has 1 aromatic heterocycles. The van der Waals surface area contributed by atoms with Gasteiger partial charge in [-0.2, -0.15) is 0 Å². The van der Waals surface area contributed by atoms with Crippen LogP contribution >= 0.6 is 10.9 Å². The minimum atomic E-state index is -0.208. The van der Waals surface area contributed by atoms with Gasteiger partial charge in [0.1, 0.15) is 0 Å². The van der Waals surface area contributed by atoms with Crippen molar-refractivity contribution in [1.82, 2.24) is 4.98 Å². The van der Waals surface area contributed by atoms with E-state index in [4.69, 9.17) is 0 Å². The van der Waals surface area contributed by atoms with Gasteiger partial charge in [-0.15, -0.1) is 0 Å². The first-order valence-electron chi connectivity index (χ1n) is 7.03. The van der Waals surface area contributed by atoms with E-state index < -0.39 is 0 Å². The average molecular weight is 285 g/mol. The Balaban J connectivity index is 1.76. The average Bonchev–Trinajstić information content (AvgIpc) is 2.47. The highest BCUT2D eigenvalue weighted by atomic mass is 32.2. The zero-order chi connectivity index (χ0) is 13.9. The molecule has 0 saturated heterocycles. The molecule has 0 radical (unpaired) electrons. The molecule has 0 saturated carbocycles. The van der Waals surface area contributed by atoms with Crippen molar-refractivity contribution in [3.63, 3.8) is 0 Å². The van der Waals surface area contributed by atoms with E-state index >= 15 is 0 Å². The van der Waals surface area contributed by atoms with E-state index in [1.54, 1.807) is 0 Å². The van der Waals surface area contributed by atoms with Crippen molar-refractivity contribution in [3.05, 3.63) is 59.4 Å². The molecule has 2 aromatic rings. The Morgan fingerprint density at radius 3 is 2.95 bits per heavy atom. The second-order valence-corrected chi connectivity index (χ2v) is 7.71. The Morgan fingerprint density at radius 2 is 2.10 bits per heavy atom. The van der Waals surface area contributed by atoms with Gasteiger partial charge in [-0.25, -0.2) is 10.9 Å². The van der Waals surface area contributed by atoms with Crippen LogP contribution in [0.3, 0.4) is 0 Å². The van der Waals surface area contributed by atoms with Crippen LogP contribution in [0.1, 0.15) is 28.0 Å². The summed E-state index contributed by atoms with van der Waals surface area (Å²) in [6, 6.07) is 12.3. The molecule has 1 aromatic carbocycles. The van der Waals surface area contributed by atoms with Crippen molar-refractivity contribution < 1.29 is 4.79 Å². The molecule has 1 aliphatic heterocycles. The summed E-state index contributed by atoms with van der Waals surface area (Å²) in [6.07, 6.45) is 3.61. The molecular formula is C17H19NOS. The molecule has 1 unspecified atom stereocenters. The normalized spacial score (nSPS) is 19.6. The number of Topliss-reactive ketones (excluding diaryl/α,β-unsaturated/α-hetero) is 1. The molecule has 1 aliphatic rings. The smallest absolute Gasteiger partial charge is 0.164 e. The van der Waals surface area contributed by atoms with Crippen LogP contribution in [0.15, 0.2) is 47.5 Å². The maximum Gasteiger partial charge on any atom is 0.164 e. The number of hydrogen-bond acceptors (Lipinski definition) is 2. The number of carbonyl (C=O) groups excluding carboxylic acids is 1. The predicted molar refractivity (Wildman–Crippen MR) is 85.1 cm³/mol. The van der Waals surface area contributed by atoms with E-state index in [9.17, 15) is 4.79 Å². The van der Waals surface area contributed by atoms with Crippen LogP contribution in [-0.2, 0) is 6.42 Å². The first-order chi connectivity index (χ1) is 9.74. The van der Waals surface area contributed by atoms with Gasteiger partial charge >= 0.3 is 0 Å². The first kappa shape index (κ1) is 13.4. The third-order valence-electron chi connectivity index (χ3n) is 3.76. The summed E-state index contributed by atoms with van der Waals surface area (Å²) in [4.78, 5) is 17.7. The molecule has 1 atom stereocenters. The van der Waals surface area contributed by atoms with Gasteiger partial charge in [0.15, 0.2) is 5.78 Å². The van der Waals surface area contributed by atoms with Crippen LogP contribution in [0.5, 0.6) is 0 Å². The molecule has 2 heterocycles. The van der Waals surface area contributed by atoms with Gasteiger partial charge in [-0.1, -0.05) is 18.2 Å². The summed E-state index contributed by atoms with van der Waals surface area (Å²) >= 11 is 0. The van der Waals surface area contributed by atoms with Gasteiger partial charge in [-0.3, -0.25) is 9.78 Å². The highest BCUT2D eigenvalue weighted by Crippen LogP contribution is 2.43. The number of hydrogen-bond donors (Lipinski definition) is 1. The van der Waals surface area contributed by atoms with E-state index in [0.717, 1.165) is 23.5 Å². The number of fused-ring (bicyclic) bond motifs is 1. The van der Waals surface area contributed by atoms with Crippen LogP contribution < -0.4 is 0 Å². The third kappa shape index (κ3) is 2.78. The number of rotatable bonds is 3. The Morgan fingerprint density at radius 1 is 1.25 bits per heavy atom. The molecule has 3 heteroatoms. The summed E-state index contributed by atoms with van der Waals surface area (Å²) in [5, 5.41) is 0. The number of benzene rings is 1. The molecule has 104 valence electrons. The summed E-state index contributed by atoms with van der Waals surface area (Å²) in [7, 11) is -0.208. The maximum atomic E-state index is 11.9. The van der Waals surface area contributed by atoms with Crippen LogP contribution in [0, 0.1) is 6.92 Å². The SMILES string of the molecule is Cc1ccnc(CC[SH]2CCC(=O)c3ccccc32)c1. The van der Waals surface area contributed by atoms with Crippen LogP contribution in [-0.4, -0.2) is 22.3 Å². The van der Waals surface area contributed by atoms with Gasteiger partial charge in [-0.05, 0) is 53.5 Å². The number of ketones is 1. The first-order valence-corrected chi connectivity index (χ1v) is 8.74. The van der Waals surface area contributed by atoms with E-state index in [2.05, 4.69) is 30.1 Å². The van der Waals surface area contributed by atoms with Crippen LogP contribution in [0.25, 0.3) is 0 Å². The van der Waals surface area contributed by atoms with Gasteiger partial charge < -0.3 is 0 Å². The molecule has 0 amide bonds. The molecule has 0 spiro atoms. The largest absolute Gasteiger partial charge is 0.294 e. The fourth-order valence-electron chi connectivity index (χ4n) is 2.69. The number of nitrogens with zero attached hydrogens (tertiary/aromatic N) is 1. The number of aryl methyl sites for hydroxylation is 2. The monoisotopic (exact) mass is 285 g/mol. The Labute approximate surface area is 122 Å². The van der Waals surface area contributed by atoms with E-state index in [1.165, 1.54) is 16.2 Å². The van der Waals surface area contributed by atoms with E-state index in [1.807, 2.05) is 24.4 Å². The van der Waals surface area contributed by atoms with Crippen molar-refractivity contribution in [2.45, 2.75) is 24.7 Å². The van der Waals surface area contributed by atoms with Gasteiger partial charge in [0.25, 0.3) is 0 Å². The topological polar surface area (TPSA) is 30.0 Å². The second-order valence-electron chi connectivity index (χ2n) is 5.25. The van der Waals surface area contributed by atoms with Crippen molar-refractivity contribution in [3.8, 4) is 0 Å². The third-order valence-corrected chi connectivity index (χ3v) is 6.36. The Hall–Kier alpha value is -1.61. The molecule has 0 aliphatic carbocycles. The van der Waals surface area contributed by atoms with Crippen LogP contribution in [0.2, 0.25) is 0 Å². The quantitative estimate of drug-likeness (QED) is 0.874. The zero-order valence-corrected chi connectivity index (χ0v) is 12.6. The standard InChI is InChI=1S/C17H19NOS/c1-13-6-9-18-14(12-13)7-10-20-11-8-16(19)15-4-2-3-5-17(15)20/h2-6,9,12,20H,7-8,10-11H2,1H3. The van der Waals surface area contributed by atoms with Gasteiger partial charge in [0.05, 0.1) is 0 Å². The van der Waals surface area contributed by atoms with Crippen LogP contribution in [0.4, 0.5) is 0 Å². The number of aromatic nitrogens is 1. The molecular weight excluding hydrogens is 266 g/mol. The molecule has 0 fully saturated rings. The number of thiol groups is 1. The minimum Gasteiger partial charge on any atom is -0.294 e. The van der Waals surface area contributed by atoms with Gasteiger partial charge in [0, 0.05) is 23.9 Å². The Kier molecular flexibility index (Phi) is 3.88. The summed E-state index contributed by atoms with van der Waals surface area (Å²) in [5.74, 6) is 2.49. The lowest BCUT2D eigenvalue weighted by Crippen LogP contribution is -2.14. The fourth-order valence-corrected chi connectivity index (χ4v) is 5.21. The minimum absolute atomic E-state index is 0.208. The maximum absolute atomic E-state index is 11.9. The van der Waals surface area contributed by atoms with Crippen molar-refractivity contribution >= 4 is 16.7 Å². The van der Waals surface area contributed by atoms with Crippen molar-refractivity contribution in [2.24, 2.45) is 0 Å². The molecule has 3 rings (SSSR count). The summed E-state index contributed by atoms with van der Waals surface area (Å²) in [5.41, 5.74) is 3.39. The van der Waals surface area contributed by atoms with Crippen molar-refractivity contribution in [2.75, 3.05) is 11.5 Å². The lowest BCUT2D eigenvalue weighted by molar-refractivity contribution is 0.0984. The molecule has 0 N–H and O–H groups in total. The van der Waals surface area contributed by atoms with Gasteiger partial charge in [0.2, 0.25) is 0 Å². The number of carbonyl (C=O) groups is 1. The second kappa shape index (κ2) is 5.80. The lowest BCUT2D eigenvalue weighted by Gasteiger charge is -2.28. The summed E-state index contributed by atoms with van der Waals surface area (Å²) < 4.78 is 0. The molecule has 20 heavy (non-hydrogen) atoms. The van der Waals surface area contributed by atoms with Crippen molar-refractivity contribution in [1.29, 1.82) is 0 Å². The highest BCUT2D eigenvalue weighted by molar-refractivity contribution is 8.17. The Bertz CT molecular complexity index is 638. The predicted octanol–water partition coefficient (Wildman–Crippen LogP) is 3.58. The lowest BCUT2D eigenvalue weighted by atomic mass is 10.1. The highest BCUT2D eigenvalue weighted by Gasteiger charge is 2.22. The van der Waals surface area contributed by atoms with E-state index in [0.29, 0.717) is 12.2 Å².